The lowest BCUT2D eigenvalue weighted by molar-refractivity contribution is -0.137. The molecule has 1 fully saturated rings. The van der Waals surface area contributed by atoms with Crippen LogP contribution in [0.25, 0.3) is 0 Å². The molecule has 0 aromatic heterocycles. The molecule has 0 saturated carbocycles. The average Bonchev–Trinajstić information content (AvgIpc) is 3.06. The number of rotatable bonds is 2. The van der Waals surface area contributed by atoms with Crippen LogP contribution in [-0.2, 0) is 11.0 Å². The fourth-order valence-corrected chi connectivity index (χ4v) is 2.58. The highest BCUT2D eigenvalue weighted by Crippen LogP contribution is 2.33. The highest BCUT2D eigenvalue weighted by Gasteiger charge is 2.36. The van der Waals surface area contributed by atoms with Crippen molar-refractivity contribution in [1.82, 2.24) is 4.90 Å². The third-order valence-electron chi connectivity index (χ3n) is 3.59. The minimum absolute atomic E-state index is 0.00993. The van der Waals surface area contributed by atoms with E-state index in [1.165, 1.54) is 17.1 Å². The molecule has 0 aliphatic carbocycles. The second-order valence-electron chi connectivity index (χ2n) is 4.98. The molecule has 3 rings (SSSR count). The largest absolute Gasteiger partial charge is 0.416 e. The van der Waals surface area contributed by atoms with E-state index >= 15 is 0 Å². The minimum Gasteiger partial charge on any atom is -0.319 e. The maximum atomic E-state index is 12.8. The molecule has 21 heavy (non-hydrogen) atoms. The normalized spacial score (nSPS) is 22.4. The monoisotopic (exact) mass is 298 g/mol. The van der Waals surface area contributed by atoms with E-state index in [1.54, 1.807) is 4.90 Å². The van der Waals surface area contributed by atoms with Crippen LogP contribution < -0.4 is 5.01 Å². The summed E-state index contributed by atoms with van der Waals surface area (Å²) in [4.78, 5) is 13.4. The molecule has 1 amide bonds. The predicted molar refractivity (Wildman–Crippen MR) is 68.4 cm³/mol. The Labute approximate surface area is 119 Å². The van der Waals surface area contributed by atoms with Crippen LogP contribution in [0.5, 0.6) is 0 Å². The maximum absolute atomic E-state index is 12.8. The molecule has 1 saturated heterocycles. The van der Waals surface area contributed by atoms with Gasteiger partial charge in [0.1, 0.15) is 12.7 Å². The summed E-state index contributed by atoms with van der Waals surface area (Å²) in [5.41, 5.74) is -0.454. The molecule has 0 bridgehead atoms. The summed E-state index contributed by atoms with van der Waals surface area (Å²) in [6.07, 6.45) is -3.62. The van der Waals surface area contributed by atoms with Gasteiger partial charge in [0, 0.05) is 13.0 Å². The molecule has 1 aromatic rings. The Bertz CT molecular complexity index is 587. The molecule has 8 heteroatoms. The molecule has 2 heterocycles. The van der Waals surface area contributed by atoms with Crippen molar-refractivity contribution in [1.29, 1.82) is 0 Å². The molecule has 0 radical (unpaired) electrons. The first-order valence-electron chi connectivity index (χ1n) is 6.60. The van der Waals surface area contributed by atoms with E-state index in [2.05, 4.69) is 10.3 Å². The van der Waals surface area contributed by atoms with Gasteiger partial charge in [-0.3, -0.25) is 4.79 Å². The molecular formula is C13H13F3N4O. The summed E-state index contributed by atoms with van der Waals surface area (Å²) in [5, 5.41) is 9.14. The van der Waals surface area contributed by atoms with E-state index in [0.717, 1.165) is 18.6 Å². The standard InChI is InChI=1S/C13H13F3N4O/c14-13(15,16)9-3-1-4-10(7-9)20-11(8-17-18-20)19-6-2-5-12(19)21/h1,3-4,7,11H,2,5-6,8H2. The first kappa shape index (κ1) is 13.8. The second kappa shape index (κ2) is 5.01. The zero-order chi connectivity index (χ0) is 15.0. The molecule has 0 N–H and O–H groups in total. The van der Waals surface area contributed by atoms with Gasteiger partial charge in [-0.25, -0.2) is 5.01 Å². The molecule has 2 aliphatic rings. The van der Waals surface area contributed by atoms with E-state index < -0.39 is 17.9 Å². The van der Waals surface area contributed by atoms with Gasteiger partial charge in [-0.05, 0) is 24.6 Å². The fourth-order valence-electron chi connectivity index (χ4n) is 2.58. The number of nitrogens with zero attached hydrogens (tertiary/aromatic N) is 4. The third kappa shape index (κ3) is 2.57. The molecule has 5 nitrogen and oxygen atoms in total. The number of carbonyl (C=O) groups is 1. The Morgan fingerprint density at radius 1 is 1.29 bits per heavy atom. The average molecular weight is 298 g/mol. The summed E-state index contributed by atoms with van der Waals surface area (Å²) >= 11 is 0. The van der Waals surface area contributed by atoms with Gasteiger partial charge in [0.15, 0.2) is 0 Å². The van der Waals surface area contributed by atoms with Crippen molar-refractivity contribution in [2.24, 2.45) is 10.3 Å². The number of hydrogen-bond acceptors (Lipinski definition) is 4. The summed E-state index contributed by atoms with van der Waals surface area (Å²) in [5.74, 6) is -0.00993. The van der Waals surface area contributed by atoms with E-state index in [9.17, 15) is 18.0 Å². The van der Waals surface area contributed by atoms with Crippen LogP contribution in [0, 0.1) is 0 Å². The van der Waals surface area contributed by atoms with Crippen molar-refractivity contribution >= 4 is 11.6 Å². The van der Waals surface area contributed by atoms with Crippen molar-refractivity contribution in [2.45, 2.75) is 25.2 Å². The zero-order valence-corrected chi connectivity index (χ0v) is 11.0. The third-order valence-corrected chi connectivity index (χ3v) is 3.59. The highest BCUT2D eigenvalue weighted by molar-refractivity contribution is 5.79. The van der Waals surface area contributed by atoms with Crippen LogP contribution in [-0.4, -0.2) is 30.1 Å². The van der Waals surface area contributed by atoms with Crippen molar-refractivity contribution in [2.75, 3.05) is 18.1 Å². The smallest absolute Gasteiger partial charge is 0.319 e. The van der Waals surface area contributed by atoms with Gasteiger partial charge < -0.3 is 4.90 Å². The Balaban J connectivity index is 1.88. The minimum atomic E-state index is -4.41. The van der Waals surface area contributed by atoms with Gasteiger partial charge in [0.25, 0.3) is 0 Å². The van der Waals surface area contributed by atoms with Gasteiger partial charge in [-0.15, -0.1) is 0 Å². The van der Waals surface area contributed by atoms with E-state index in [-0.39, 0.29) is 18.1 Å². The van der Waals surface area contributed by atoms with Gasteiger partial charge >= 0.3 is 6.18 Å². The molecule has 112 valence electrons. The number of amides is 1. The van der Waals surface area contributed by atoms with Crippen LogP contribution in [0.3, 0.4) is 0 Å². The van der Waals surface area contributed by atoms with Gasteiger partial charge in [0.2, 0.25) is 5.91 Å². The summed E-state index contributed by atoms with van der Waals surface area (Å²) in [7, 11) is 0. The van der Waals surface area contributed by atoms with Gasteiger partial charge in [-0.2, -0.15) is 18.3 Å². The lowest BCUT2D eigenvalue weighted by atomic mass is 10.2. The first-order chi connectivity index (χ1) is 9.97. The Kier molecular flexibility index (Phi) is 3.30. The molecule has 1 aromatic carbocycles. The second-order valence-corrected chi connectivity index (χ2v) is 4.98. The molecule has 1 atom stereocenters. The van der Waals surface area contributed by atoms with Crippen LogP contribution in [0.4, 0.5) is 18.9 Å². The molecular weight excluding hydrogens is 285 g/mol. The lowest BCUT2D eigenvalue weighted by Crippen LogP contribution is -2.46. The summed E-state index contributed by atoms with van der Waals surface area (Å²) in [6, 6.07) is 4.90. The predicted octanol–water partition coefficient (Wildman–Crippen LogP) is 2.84. The number of alkyl halides is 3. The topological polar surface area (TPSA) is 48.3 Å². The zero-order valence-electron chi connectivity index (χ0n) is 11.0. The van der Waals surface area contributed by atoms with Crippen molar-refractivity contribution in [3.63, 3.8) is 0 Å². The SMILES string of the molecule is O=C1CCCN1C1CN=NN1c1cccc(C(F)(F)F)c1. The van der Waals surface area contributed by atoms with Crippen LogP contribution in [0.15, 0.2) is 34.6 Å². The number of hydrogen-bond donors (Lipinski definition) is 0. The number of carbonyl (C=O) groups excluding carboxylic acids is 1. The molecule has 0 spiro atoms. The van der Waals surface area contributed by atoms with Crippen LogP contribution in [0.2, 0.25) is 0 Å². The van der Waals surface area contributed by atoms with E-state index in [0.29, 0.717) is 13.0 Å². The number of halogens is 3. The molecule has 1 unspecified atom stereocenters. The summed E-state index contributed by atoms with van der Waals surface area (Å²) < 4.78 is 38.3. The van der Waals surface area contributed by atoms with Crippen LogP contribution in [0.1, 0.15) is 18.4 Å². The van der Waals surface area contributed by atoms with Crippen LogP contribution >= 0.6 is 0 Å². The van der Waals surface area contributed by atoms with Gasteiger partial charge in [0.05, 0.1) is 11.3 Å². The molecule has 2 aliphatic heterocycles. The number of anilines is 1. The summed E-state index contributed by atoms with van der Waals surface area (Å²) in [6.45, 7) is 0.867. The number of benzene rings is 1. The van der Waals surface area contributed by atoms with Crippen molar-refractivity contribution in [3.8, 4) is 0 Å². The Morgan fingerprint density at radius 3 is 2.76 bits per heavy atom. The quantitative estimate of drug-likeness (QED) is 0.843. The van der Waals surface area contributed by atoms with Crippen molar-refractivity contribution in [3.05, 3.63) is 29.8 Å². The maximum Gasteiger partial charge on any atom is 0.416 e. The number of likely N-dealkylation sites (tertiary alicyclic amines) is 1. The van der Waals surface area contributed by atoms with E-state index in [4.69, 9.17) is 0 Å². The van der Waals surface area contributed by atoms with Gasteiger partial charge in [-0.1, -0.05) is 11.3 Å². The fraction of sp³-hybridized carbons (Fsp3) is 0.462. The first-order valence-corrected chi connectivity index (χ1v) is 6.60. The Morgan fingerprint density at radius 2 is 2.10 bits per heavy atom. The lowest BCUT2D eigenvalue weighted by Gasteiger charge is -2.30. The van der Waals surface area contributed by atoms with Crippen molar-refractivity contribution < 1.29 is 18.0 Å². The van der Waals surface area contributed by atoms with E-state index in [1.807, 2.05) is 0 Å². The Hall–Kier alpha value is -2.12. The highest BCUT2D eigenvalue weighted by atomic mass is 19.4.